The number of aryl methyl sites for hydroxylation is 1. The molecule has 30 heavy (non-hydrogen) atoms. The largest absolute Gasteiger partial charge is 0.497 e. The average molecular weight is 408 g/mol. The lowest BCUT2D eigenvalue weighted by atomic mass is 10.2. The van der Waals surface area contributed by atoms with Gasteiger partial charge in [-0.3, -0.25) is 4.79 Å². The van der Waals surface area contributed by atoms with E-state index < -0.39 is 0 Å². The summed E-state index contributed by atoms with van der Waals surface area (Å²) in [5, 5.41) is 0. The Balaban J connectivity index is 1.49. The molecule has 0 saturated carbocycles. The predicted octanol–water partition coefficient (Wildman–Crippen LogP) is 4.59. The SMILES string of the molecule is CCC(=O)N1CCC[C@H]1c1nc2ccccc2n1CCCOc1ccc(OC)cc1. The summed E-state index contributed by atoms with van der Waals surface area (Å²) >= 11 is 0. The molecule has 3 aromatic rings. The van der Waals surface area contributed by atoms with Crippen LogP contribution in [-0.4, -0.2) is 40.6 Å². The number of rotatable bonds is 8. The Morgan fingerprint density at radius 2 is 1.90 bits per heavy atom. The minimum absolute atomic E-state index is 0.0624. The zero-order valence-electron chi connectivity index (χ0n) is 17.7. The lowest BCUT2D eigenvalue weighted by molar-refractivity contribution is -0.131. The molecule has 2 heterocycles. The van der Waals surface area contributed by atoms with Crippen molar-refractivity contribution in [3.63, 3.8) is 0 Å². The van der Waals surface area contributed by atoms with E-state index in [9.17, 15) is 4.79 Å². The molecule has 0 unspecified atom stereocenters. The molecule has 2 aromatic carbocycles. The summed E-state index contributed by atoms with van der Waals surface area (Å²) in [4.78, 5) is 19.4. The van der Waals surface area contributed by atoms with Crippen LogP contribution in [0, 0.1) is 0 Å². The van der Waals surface area contributed by atoms with Crippen LogP contribution < -0.4 is 9.47 Å². The molecule has 1 fully saturated rings. The molecule has 1 aromatic heterocycles. The maximum Gasteiger partial charge on any atom is 0.222 e. The Morgan fingerprint density at radius 3 is 2.67 bits per heavy atom. The number of carbonyl (C=O) groups is 1. The third-order valence-corrected chi connectivity index (χ3v) is 5.71. The van der Waals surface area contributed by atoms with E-state index in [1.54, 1.807) is 7.11 Å². The van der Waals surface area contributed by atoms with Gasteiger partial charge in [0.15, 0.2) is 0 Å². The van der Waals surface area contributed by atoms with Gasteiger partial charge in [0.25, 0.3) is 0 Å². The summed E-state index contributed by atoms with van der Waals surface area (Å²) in [5.74, 6) is 2.86. The number of hydrogen-bond acceptors (Lipinski definition) is 4. The zero-order valence-corrected chi connectivity index (χ0v) is 17.7. The maximum atomic E-state index is 12.4. The van der Waals surface area contributed by atoms with Crippen molar-refractivity contribution in [2.75, 3.05) is 20.3 Å². The standard InChI is InChI=1S/C24H29N3O3/c1-3-23(28)26-15-6-10-22(26)24-25-20-8-4-5-9-21(20)27(24)16-7-17-30-19-13-11-18(29-2)12-14-19/h4-5,8-9,11-14,22H,3,6-7,10,15-17H2,1-2H3/t22-/m0/s1. The minimum atomic E-state index is 0.0624. The van der Waals surface area contributed by atoms with Gasteiger partial charge in [0.2, 0.25) is 5.91 Å². The van der Waals surface area contributed by atoms with Crippen molar-refractivity contribution >= 4 is 16.9 Å². The van der Waals surface area contributed by atoms with Crippen molar-refractivity contribution in [1.29, 1.82) is 0 Å². The molecule has 0 bridgehead atoms. The highest BCUT2D eigenvalue weighted by Gasteiger charge is 2.32. The smallest absolute Gasteiger partial charge is 0.222 e. The summed E-state index contributed by atoms with van der Waals surface area (Å²) in [7, 11) is 1.66. The van der Waals surface area contributed by atoms with Crippen molar-refractivity contribution in [3.05, 3.63) is 54.4 Å². The first-order valence-electron chi connectivity index (χ1n) is 10.7. The number of imidazole rings is 1. The number of nitrogens with zero attached hydrogens (tertiary/aromatic N) is 3. The highest BCUT2D eigenvalue weighted by atomic mass is 16.5. The number of fused-ring (bicyclic) bond motifs is 1. The summed E-state index contributed by atoms with van der Waals surface area (Å²) in [6.07, 6.45) is 3.39. The number of hydrogen-bond donors (Lipinski definition) is 0. The van der Waals surface area contributed by atoms with Crippen LogP contribution in [0.25, 0.3) is 11.0 Å². The maximum absolute atomic E-state index is 12.4. The lowest BCUT2D eigenvalue weighted by Gasteiger charge is -2.25. The molecule has 1 saturated heterocycles. The molecule has 4 rings (SSSR count). The van der Waals surface area contributed by atoms with Crippen LogP contribution in [-0.2, 0) is 11.3 Å². The summed E-state index contributed by atoms with van der Waals surface area (Å²) in [6, 6.07) is 15.9. The molecule has 1 amide bonds. The average Bonchev–Trinajstić information content (AvgIpc) is 3.41. The van der Waals surface area contributed by atoms with Gasteiger partial charge in [-0.15, -0.1) is 0 Å². The summed E-state index contributed by atoms with van der Waals surface area (Å²) in [5.41, 5.74) is 2.10. The molecule has 1 aliphatic heterocycles. The van der Waals surface area contributed by atoms with Crippen LogP contribution in [0.3, 0.4) is 0 Å². The second-order valence-electron chi connectivity index (χ2n) is 7.59. The Hall–Kier alpha value is -3.02. The topological polar surface area (TPSA) is 56.6 Å². The Morgan fingerprint density at radius 1 is 1.13 bits per heavy atom. The van der Waals surface area contributed by atoms with Crippen molar-refractivity contribution in [2.24, 2.45) is 0 Å². The number of aromatic nitrogens is 2. The molecule has 1 atom stereocenters. The first-order valence-corrected chi connectivity index (χ1v) is 10.7. The van der Waals surface area contributed by atoms with Crippen molar-refractivity contribution < 1.29 is 14.3 Å². The van der Waals surface area contributed by atoms with Crippen molar-refractivity contribution in [3.8, 4) is 11.5 Å². The Bertz CT molecular complexity index is 997. The van der Waals surface area contributed by atoms with Gasteiger partial charge in [0.05, 0.1) is 30.8 Å². The highest BCUT2D eigenvalue weighted by Crippen LogP contribution is 2.34. The molecule has 6 heteroatoms. The van der Waals surface area contributed by atoms with Gasteiger partial charge in [0, 0.05) is 19.5 Å². The number of benzene rings is 2. The number of amides is 1. The second kappa shape index (κ2) is 9.20. The van der Waals surface area contributed by atoms with Gasteiger partial charge in [-0.1, -0.05) is 19.1 Å². The first kappa shape index (κ1) is 20.3. The fourth-order valence-electron chi connectivity index (χ4n) is 4.20. The van der Waals surface area contributed by atoms with E-state index in [1.807, 2.05) is 54.3 Å². The minimum Gasteiger partial charge on any atom is -0.497 e. The zero-order chi connectivity index (χ0) is 20.9. The number of para-hydroxylation sites is 2. The van der Waals surface area contributed by atoms with Crippen LogP contribution >= 0.6 is 0 Å². The van der Waals surface area contributed by atoms with Crippen LogP contribution in [0.4, 0.5) is 0 Å². The van der Waals surface area contributed by atoms with Gasteiger partial charge in [-0.25, -0.2) is 4.98 Å². The second-order valence-corrected chi connectivity index (χ2v) is 7.59. The van der Waals surface area contributed by atoms with Crippen LogP contribution in [0.5, 0.6) is 11.5 Å². The molecule has 6 nitrogen and oxygen atoms in total. The van der Waals surface area contributed by atoms with Gasteiger partial charge >= 0.3 is 0 Å². The van der Waals surface area contributed by atoms with E-state index in [0.717, 1.165) is 60.7 Å². The van der Waals surface area contributed by atoms with E-state index in [2.05, 4.69) is 10.6 Å². The van der Waals surface area contributed by atoms with Gasteiger partial charge in [0.1, 0.15) is 17.3 Å². The summed E-state index contributed by atoms with van der Waals surface area (Å²) < 4.78 is 13.4. The van der Waals surface area contributed by atoms with E-state index in [1.165, 1.54) is 0 Å². The van der Waals surface area contributed by atoms with Crippen molar-refractivity contribution in [2.45, 2.75) is 45.2 Å². The molecule has 0 radical (unpaired) electrons. The quantitative estimate of drug-likeness (QED) is 0.513. The molecule has 1 aliphatic rings. The van der Waals surface area contributed by atoms with E-state index >= 15 is 0 Å². The Labute approximate surface area is 177 Å². The van der Waals surface area contributed by atoms with E-state index in [-0.39, 0.29) is 11.9 Å². The number of likely N-dealkylation sites (tertiary alicyclic amines) is 1. The number of methoxy groups -OCH3 is 1. The normalized spacial score (nSPS) is 16.2. The van der Waals surface area contributed by atoms with Crippen LogP contribution in [0.2, 0.25) is 0 Å². The number of carbonyl (C=O) groups excluding carboxylic acids is 1. The summed E-state index contributed by atoms with van der Waals surface area (Å²) in [6.45, 7) is 4.16. The molecular weight excluding hydrogens is 378 g/mol. The van der Waals surface area contributed by atoms with Gasteiger partial charge < -0.3 is 18.9 Å². The predicted molar refractivity (Wildman–Crippen MR) is 117 cm³/mol. The van der Waals surface area contributed by atoms with Gasteiger partial charge in [-0.05, 0) is 55.7 Å². The van der Waals surface area contributed by atoms with Crippen LogP contribution in [0.1, 0.15) is 44.5 Å². The third-order valence-electron chi connectivity index (χ3n) is 5.71. The molecule has 0 spiro atoms. The lowest BCUT2D eigenvalue weighted by Crippen LogP contribution is -2.31. The van der Waals surface area contributed by atoms with Crippen LogP contribution in [0.15, 0.2) is 48.5 Å². The molecule has 0 aliphatic carbocycles. The Kier molecular flexibility index (Phi) is 6.21. The van der Waals surface area contributed by atoms with E-state index in [0.29, 0.717) is 13.0 Å². The first-order chi connectivity index (χ1) is 14.7. The highest BCUT2D eigenvalue weighted by molar-refractivity contribution is 5.78. The van der Waals surface area contributed by atoms with Crippen molar-refractivity contribution in [1.82, 2.24) is 14.5 Å². The molecule has 158 valence electrons. The van der Waals surface area contributed by atoms with Gasteiger partial charge in [-0.2, -0.15) is 0 Å². The number of ether oxygens (including phenoxy) is 2. The fraction of sp³-hybridized carbons (Fsp3) is 0.417. The third kappa shape index (κ3) is 4.13. The van der Waals surface area contributed by atoms with E-state index in [4.69, 9.17) is 14.5 Å². The molecule has 0 N–H and O–H groups in total. The monoisotopic (exact) mass is 407 g/mol. The molecular formula is C24H29N3O3. The fourth-order valence-corrected chi connectivity index (χ4v) is 4.20.